The van der Waals surface area contributed by atoms with E-state index in [9.17, 15) is 14.0 Å². The number of aromatic nitrogens is 1. The minimum Gasteiger partial charge on any atom is -0.371 e. The maximum absolute atomic E-state index is 13.5. The molecular formula is C15H15FN4O2S. The van der Waals surface area contributed by atoms with Gasteiger partial charge in [-0.25, -0.2) is 9.37 Å². The number of hydrogen-bond donors (Lipinski definition) is 1. The highest BCUT2D eigenvalue weighted by molar-refractivity contribution is 7.14. The molecule has 1 aliphatic rings. The monoisotopic (exact) mass is 334 g/mol. The first-order valence-electron chi connectivity index (χ1n) is 7.01. The van der Waals surface area contributed by atoms with Crippen LogP contribution in [0.1, 0.15) is 17.4 Å². The lowest BCUT2D eigenvalue weighted by molar-refractivity contribution is -0.114. The van der Waals surface area contributed by atoms with Crippen molar-refractivity contribution in [3.05, 3.63) is 35.1 Å². The number of likely N-dealkylation sites (N-methyl/N-ethyl adjacent to an activating group) is 1. The Morgan fingerprint density at radius 2 is 2.09 bits per heavy atom. The zero-order valence-corrected chi connectivity index (χ0v) is 13.5. The number of carbonyl (C=O) groups excluding carboxylic acids is 2. The molecule has 1 N–H and O–H groups in total. The normalized spacial score (nSPS) is 13.7. The van der Waals surface area contributed by atoms with Gasteiger partial charge in [0.15, 0.2) is 5.13 Å². The Labute approximate surface area is 136 Å². The second-order valence-corrected chi connectivity index (χ2v) is 6.09. The van der Waals surface area contributed by atoms with Gasteiger partial charge in [-0.05, 0) is 18.2 Å². The molecule has 0 spiro atoms. The van der Waals surface area contributed by atoms with Gasteiger partial charge in [0.05, 0.1) is 11.4 Å². The van der Waals surface area contributed by atoms with Crippen LogP contribution in [0.15, 0.2) is 23.6 Å². The molecule has 0 aliphatic carbocycles. The van der Waals surface area contributed by atoms with Crippen LogP contribution >= 0.6 is 11.3 Å². The van der Waals surface area contributed by atoms with Crippen LogP contribution in [0, 0.1) is 5.82 Å². The van der Waals surface area contributed by atoms with Crippen molar-refractivity contribution >= 4 is 39.7 Å². The smallest absolute Gasteiger partial charge is 0.277 e. The molecule has 1 aromatic heterocycles. The predicted molar refractivity (Wildman–Crippen MR) is 87.8 cm³/mol. The van der Waals surface area contributed by atoms with Gasteiger partial charge in [0, 0.05) is 32.4 Å². The number of fused-ring (bicyclic) bond motifs is 1. The molecule has 2 aromatic rings. The molecule has 120 valence electrons. The van der Waals surface area contributed by atoms with Crippen molar-refractivity contribution in [2.45, 2.75) is 6.92 Å². The van der Waals surface area contributed by atoms with Gasteiger partial charge in [-0.15, -0.1) is 11.3 Å². The first-order valence-corrected chi connectivity index (χ1v) is 7.89. The van der Waals surface area contributed by atoms with E-state index in [-0.39, 0.29) is 23.3 Å². The summed E-state index contributed by atoms with van der Waals surface area (Å²) in [5, 5.41) is 4.55. The van der Waals surface area contributed by atoms with Crippen molar-refractivity contribution in [3.63, 3.8) is 0 Å². The second-order valence-electron chi connectivity index (χ2n) is 5.23. The number of benzene rings is 1. The first kappa shape index (κ1) is 15.4. The van der Waals surface area contributed by atoms with Crippen LogP contribution in [0.4, 0.5) is 20.9 Å². The average Bonchev–Trinajstić information content (AvgIpc) is 2.95. The van der Waals surface area contributed by atoms with Crippen molar-refractivity contribution in [1.82, 2.24) is 4.98 Å². The fourth-order valence-corrected chi connectivity index (χ4v) is 3.18. The first-order chi connectivity index (χ1) is 11.0. The summed E-state index contributed by atoms with van der Waals surface area (Å²) >= 11 is 1.19. The molecule has 23 heavy (non-hydrogen) atoms. The quantitative estimate of drug-likeness (QED) is 0.915. The topological polar surface area (TPSA) is 65.5 Å². The molecule has 3 rings (SSSR count). The average molecular weight is 334 g/mol. The van der Waals surface area contributed by atoms with E-state index in [2.05, 4.69) is 10.3 Å². The lowest BCUT2D eigenvalue weighted by Gasteiger charge is -2.35. The maximum atomic E-state index is 13.5. The highest BCUT2D eigenvalue weighted by Crippen LogP contribution is 2.34. The summed E-state index contributed by atoms with van der Waals surface area (Å²) in [7, 11) is 1.86. The zero-order valence-electron chi connectivity index (χ0n) is 12.7. The highest BCUT2D eigenvalue weighted by atomic mass is 32.1. The van der Waals surface area contributed by atoms with Crippen LogP contribution in [-0.2, 0) is 4.79 Å². The summed E-state index contributed by atoms with van der Waals surface area (Å²) in [5.74, 6) is -0.843. The number of anilines is 3. The van der Waals surface area contributed by atoms with Crippen LogP contribution in [-0.4, -0.2) is 36.9 Å². The molecule has 8 heteroatoms. The Kier molecular flexibility index (Phi) is 3.99. The van der Waals surface area contributed by atoms with Gasteiger partial charge in [0.1, 0.15) is 11.5 Å². The summed E-state index contributed by atoms with van der Waals surface area (Å²) in [6.45, 7) is 2.47. The number of nitrogens with one attached hydrogen (secondary N) is 1. The summed E-state index contributed by atoms with van der Waals surface area (Å²) in [5.41, 5.74) is 1.58. The van der Waals surface area contributed by atoms with Gasteiger partial charge >= 0.3 is 0 Å². The number of rotatable bonds is 2. The molecular weight excluding hydrogens is 319 g/mol. The van der Waals surface area contributed by atoms with Crippen molar-refractivity contribution in [2.24, 2.45) is 0 Å². The van der Waals surface area contributed by atoms with Crippen LogP contribution in [0.2, 0.25) is 0 Å². The third-order valence-corrected chi connectivity index (χ3v) is 4.31. The lowest BCUT2D eigenvalue weighted by Crippen LogP contribution is -2.42. The molecule has 2 heterocycles. The Balaban J connectivity index is 1.90. The number of nitrogens with zero attached hydrogens (tertiary/aromatic N) is 3. The van der Waals surface area contributed by atoms with E-state index in [0.717, 1.165) is 0 Å². The lowest BCUT2D eigenvalue weighted by atomic mass is 10.1. The van der Waals surface area contributed by atoms with Crippen molar-refractivity contribution in [3.8, 4) is 0 Å². The fourth-order valence-electron chi connectivity index (χ4n) is 2.45. The molecule has 0 atom stereocenters. The standard InChI is InChI=1S/C15H15FN4O2S/c1-9(21)17-15-18-11(8-23-15)14(22)20-6-5-19(2)13-7-10(16)3-4-12(13)20/h3-4,7-8H,5-6H2,1-2H3,(H,17,18,21). The summed E-state index contributed by atoms with van der Waals surface area (Å²) in [4.78, 5) is 31.4. The molecule has 0 saturated heterocycles. The van der Waals surface area contributed by atoms with E-state index in [1.165, 1.54) is 30.4 Å². The van der Waals surface area contributed by atoms with Crippen LogP contribution in [0.5, 0.6) is 0 Å². The molecule has 2 amide bonds. The van der Waals surface area contributed by atoms with Gasteiger partial charge in [-0.2, -0.15) is 0 Å². The van der Waals surface area contributed by atoms with Gasteiger partial charge in [-0.1, -0.05) is 0 Å². The summed E-state index contributed by atoms with van der Waals surface area (Å²) < 4.78 is 13.5. The number of halogens is 1. The second kappa shape index (κ2) is 5.96. The molecule has 6 nitrogen and oxygen atoms in total. The van der Waals surface area contributed by atoms with E-state index >= 15 is 0 Å². The van der Waals surface area contributed by atoms with E-state index in [4.69, 9.17) is 0 Å². The Hall–Kier alpha value is -2.48. The van der Waals surface area contributed by atoms with E-state index < -0.39 is 0 Å². The van der Waals surface area contributed by atoms with Crippen LogP contribution in [0.25, 0.3) is 0 Å². The Bertz CT molecular complexity index is 777. The molecule has 0 unspecified atom stereocenters. The Morgan fingerprint density at radius 3 is 2.83 bits per heavy atom. The van der Waals surface area contributed by atoms with Crippen molar-refractivity contribution < 1.29 is 14.0 Å². The fraction of sp³-hybridized carbons (Fsp3) is 0.267. The number of amides is 2. The molecule has 0 saturated carbocycles. The Morgan fingerprint density at radius 1 is 1.30 bits per heavy atom. The van der Waals surface area contributed by atoms with Gasteiger partial charge in [0.25, 0.3) is 5.91 Å². The number of thiazole rings is 1. The van der Waals surface area contributed by atoms with E-state index in [1.54, 1.807) is 16.3 Å². The largest absolute Gasteiger partial charge is 0.371 e. The van der Waals surface area contributed by atoms with Gasteiger partial charge < -0.3 is 15.1 Å². The predicted octanol–water partition coefficient (Wildman–Crippen LogP) is 2.34. The van der Waals surface area contributed by atoms with Gasteiger partial charge in [-0.3, -0.25) is 9.59 Å². The third kappa shape index (κ3) is 3.02. The van der Waals surface area contributed by atoms with Crippen molar-refractivity contribution in [2.75, 3.05) is 35.3 Å². The van der Waals surface area contributed by atoms with E-state index in [1.807, 2.05) is 11.9 Å². The molecule has 1 aliphatic heterocycles. The maximum Gasteiger partial charge on any atom is 0.277 e. The van der Waals surface area contributed by atoms with Crippen molar-refractivity contribution in [1.29, 1.82) is 0 Å². The number of carbonyl (C=O) groups is 2. The zero-order chi connectivity index (χ0) is 16.6. The van der Waals surface area contributed by atoms with Crippen LogP contribution in [0.3, 0.4) is 0 Å². The SMILES string of the molecule is CC(=O)Nc1nc(C(=O)N2CCN(C)c3cc(F)ccc32)cs1. The minimum atomic E-state index is -0.341. The minimum absolute atomic E-state index is 0.237. The summed E-state index contributed by atoms with van der Waals surface area (Å²) in [6, 6.07) is 4.35. The van der Waals surface area contributed by atoms with E-state index in [0.29, 0.717) is 29.6 Å². The summed E-state index contributed by atoms with van der Waals surface area (Å²) in [6.07, 6.45) is 0. The highest BCUT2D eigenvalue weighted by Gasteiger charge is 2.27. The number of hydrogen-bond acceptors (Lipinski definition) is 5. The van der Waals surface area contributed by atoms with Gasteiger partial charge in [0.2, 0.25) is 5.91 Å². The third-order valence-electron chi connectivity index (χ3n) is 3.55. The molecule has 0 fully saturated rings. The molecule has 1 aromatic carbocycles. The van der Waals surface area contributed by atoms with Crippen LogP contribution < -0.4 is 15.1 Å². The molecule has 0 bridgehead atoms. The molecule has 0 radical (unpaired) electrons.